The van der Waals surface area contributed by atoms with Gasteiger partial charge in [0.05, 0.1) is 16.1 Å². The van der Waals surface area contributed by atoms with Gasteiger partial charge in [-0.25, -0.2) is 8.42 Å². The van der Waals surface area contributed by atoms with Crippen LogP contribution in [-0.2, 0) is 9.84 Å². The molecule has 8 nitrogen and oxygen atoms in total. The van der Waals surface area contributed by atoms with Crippen LogP contribution in [0.25, 0.3) is 0 Å². The Labute approximate surface area is 160 Å². The Morgan fingerprint density at radius 3 is 2.46 bits per heavy atom. The topological polar surface area (TPSA) is 120 Å². The van der Waals surface area contributed by atoms with Crippen LogP contribution < -0.4 is 5.32 Å². The summed E-state index contributed by atoms with van der Waals surface area (Å²) in [4.78, 5) is 22.8. The zero-order valence-corrected chi connectivity index (χ0v) is 15.3. The third-order valence-electron chi connectivity index (χ3n) is 4.07. The molecule has 0 saturated carbocycles. The average Bonchev–Trinajstić information content (AvgIpc) is 3.23. The van der Waals surface area contributed by atoms with Crippen molar-refractivity contribution in [2.75, 3.05) is 6.54 Å². The number of nitro groups is 1. The third kappa shape index (κ3) is 4.09. The minimum absolute atomic E-state index is 0.0597. The summed E-state index contributed by atoms with van der Waals surface area (Å²) in [6.07, 6.45) is 1.35. The molecule has 1 atom stereocenters. The lowest BCUT2D eigenvalue weighted by atomic mass is 10.2. The number of nitrogens with zero attached hydrogens (tertiary/aromatic N) is 1. The number of non-ortho nitro benzene ring substituents is 1. The fourth-order valence-electron chi connectivity index (χ4n) is 2.66. The lowest BCUT2D eigenvalue weighted by molar-refractivity contribution is -0.384. The van der Waals surface area contributed by atoms with Crippen LogP contribution in [0.3, 0.4) is 0 Å². The second-order valence-corrected chi connectivity index (χ2v) is 8.01. The van der Waals surface area contributed by atoms with Crippen molar-refractivity contribution < 1.29 is 22.6 Å². The number of carbonyl (C=O) groups is 1. The Kier molecular flexibility index (Phi) is 5.55. The number of amides is 1. The van der Waals surface area contributed by atoms with Crippen LogP contribution in [-0.4, -0.2) is 25.8 Å². The summed E-state index contributed by atoms with van der Waals surface area (Å²) in [5.74, 6) is -0.438. The van der Waals surface area contributed by atoms with Gasteiger partial charge in [-0.3, -0.25) is 14.9 Å². The van der Waals surface area contributed by atoms with Gasteiger partial charge in [-0.15, -0.1) is 0 Å². The number of nitrogens with one attached hydrogen (secondary N) is 1. The summed E-state index contributed by atoms with van der Waals surface area (Å²) in [6.45, 7) is -0.258. The van der Waals surface area contributed by atoms with E-state index in [0.29, 0.717) is 0 Å². The van der Waals surface area contributed by atoms with Gasteiger partial charge in [-0.2, -0.15) is 0 Å². The van der Waals surface area contributed by atoms with Crippen molar-refractivity contribution in [2.45, 2.75) is 10.1 Å². The first-order chi connectivity index (χ1) is 13.4. The zero-order chi connectivity index (χ0) is 20.1. The van der Waals surface area contributed by atoms with Gasteiger partial charge in [0.15, 0.2) is 9.84 Å². The van der Waals surface area contributed by atoms with E-state index in [-0.39, 0.29) is 28.5 Å². The van der Waals surface area contributed by atoms with Gasteiger partial charge in [-0.1, -0.05) is 24.3 Å². The predicted molar refractivity (Wildman–Crippen MR) is 101 cm³/mol. The number of benzene rings is 2. The highest BCUT2D eigenvalue weighted by Crippen LogP contribution is 2.28. The monoisotopic (exact) mass is 400 g/mol. The summed E-state index contributed by atoms with van der Waals surface area (Å²) in [7, 11) is -3.84. The molecule has 0 aliphatic heterocycles. The quantitative estimate of drug-likeness (QED) is 0.481. The molecule has 1 aromatic heterocycles. The molecule has 0 bridgehead atoms. The molecule has 0 saturated heterocycles. The van der Waals surface area contributed by atoms with Crippen LogP contribution in [0.15, 0.2) is 82.3 Å². The van der Waals surface area contributed by atoms with Gasteiger partial charge in [0, 0.05) is 24.2 Å². The summed E-state index contributed by atoms with van der Waals surface area (Å²) in [5, 5.41) is 12.3. The number of sulfone groups is 1. The van der Waals surface area contributed by atoms with E-state index in [4.69, 9.17) is 4.42 Å². The molecule has 0 spiro atoms. The van der Waals surface area contributed by atoms with Crippen molar-refractivity contribution in [1.29, 1.82) is 0 Å². The molecule has 1 heterocycles. The van der Waals surface area contributed by atoms with Crippen molar-refractivity contribution in [2.24, 2.45) is 0 Å². The van der Waals surface area contributed by atoms with Crippen LogP contribution in [0.2, 0.25) is 0 Å². The van der Waals surface area contributed by atoms with Crippen LogP contribution >= 0.6 is 0 Å². The van der Waals surface area contributed by atoms with Gasteiger partial charge in [-0.05, 0) is 30.3 Å². The van der Waals surface area contributed by atoms with Crippen molar-refractivity contribution >= 4 is 21.4 Å². The fraction of sp³-hybridized carbons (Fsp3) is 0.105. The molecule has 0 fully saturated rings. The Hall–Kier alpha value is -3.46. The maximum absolute atomic E-state index is 13.0. The first-order valence-corrected chi connectivity index (χ1v) is 9.79. The van der Waals surface area contributed by atoms with Gasteiger partial charge < -0.3 is 9.73 Å². The molecule has 0 radical (unpaired) electrons. The lowest BCUT2D eigenvalue weighted by Crippen LogP contribution is -2.31. The van der Waals surface area contributed by atoms with Gasteiger partial charge in [0.25, 0.3) is 11.6 Å². The molecule has 0 aliphatic carbocycles. The Balaban J connectivity index is 1.85. The first-order valence-electron chi connectivity index (χ1n) is 8.24. The maximum atomic E-state index is 13.0. The predicted octanol–water partition coefficient (Wildman–Crippen LogP) is 3.13. The highest BCUT2D eigenvalue weighted by Gasteiger charge is 2.31. The number of nitro benzene ring substituents is 1. The number of furan rings is 1. The van der Waals surface area contributed by atoms with Gasteiger partial charge >= 0.3 is 0 Å². The number of rotatable bonds is 7. The molecule has 1 N–H and O–H groups in total. The van der Waals surface area contributed by atoms with Crippen molar-refractivity contribution in [3.63, 3.8) is 0 Å². The maximum Gasteiger partial charge on any atom is 0.270 e. The minimum Gasteiger partial charge on any atom is -0.468 e. The van der Waals surface area contributed by atoms with E-state index < -0.39 is 25.9 Å². The van der Waals surface area contributed by atoms with E-state index in [1.807, 2.05) is 0 Å². The second-order valence-electron chi connectivity index (χ2n) is 5.88. The van der Waals surface area contributed by atoms with E-state index in [2.05, 4.69) is 5.32 Å². The summed E-state index contributed by atoms with van der Waals surface area (Å²) in [6, 6.07) is 16.1. The summed E-state index contributed by atoms with van der Waals surface area (Å²) in [5.41, 5.74) is -0.170. The number of hydrogen-bond donors (Lipinski definition) is 1. The first kappa shape index (κ1) is 19.3. The van der Waals surface area contributed by atoms with Crippen molar-refractivity contribution in [3.05, 3.63) is 94.4 Å². The van der Waals surface area contributed by atoms with Crippen molar-refractivity contribution in [3.8, 4) is 0 Å². The normalized spacial score (nSPS) is 12.3. The lowest BCUT2D eigenvalue weighted by Gasteiger charge is -2.16. The van der Waals surface area contributed by atoms with Crippen LogP contribution in [0.4, 0.5) is 5.69 Å². The minimum atomic E-state index is -3.84. The molecule has 144 valence electrons. The SMILES string of the molecule is O=C(NC[C@@H](c1ccco1)S(=O)(=O)c1ccccc1)c1cccc([N+](=O)[O-])c1. The third-order valence-corrected chi connectivity index (χ3v) is 6.15. The molecule has 0 unspecified atom stereocenters. The van der Waals surface area contributed by atoms with E-state index in [1.165, 1.54) is 42.7 Å². The van der Waals surface area contributed by atoms with E-state index in [0.717, 1.165) is 6.07 Å². The average molecular weight is 400 g/mol. The standard InChI is InChI=1S/C19H16N2O6S/c22-19(14-6-4-7-15(12-14)21(23)24)20-13-18(17-10-5-11-27-17)28(25,26)16-8-2-1-3-9-16/h1-12,18H,13H2,(H,20,22)/t18-/m0/s1. The molecule has 9 heteroatoms. The van der Waals surface area contributed by atoms with E-state index >= 15 is 0 Å². The number of hydrogen-bond acceptors (Lipinski definition) is 6. The molecular weight excluding hydrogens is 384 g/mol. The summed E-state index contributed by atoms with van der Waals surface area (Å²) >= 11 is 0. The molecule has 3 aromatic rings. The Bertz CT molecular complexity index is 1080. The molecular formula is C19H16N2O6S. The smallest absolute Gasteiger partial charge is 0.270 e. The highest BCUT2D eigenvalue weighted by atomic mass is 32.2. The highest BCUT2D eigenvalue weighted by molar-refractivity contribution is 7.91. The summed E-state index contributed by atoms with van der Waals surface area (Å²) < 4.78 is 31.3. The molecule has 2 aromatic carbocycles. The number of carbonyl (C=O) groups excluding carboxylic acids is 1. The van der Waals surface area contributed by atoms with Crippen LogP contribution in [0, 0.1) is 10.1 Å². The zero-order valence-electron chi connectivity index (χ0n) is 14.5. The Morgan fingerprint density at radius 2 is 1.82 bits per heavy atom. The van der Waals surface area contributed by atoms with Gasteiger partial charge in [0.2, 0.25) is 0 Å². The largest absolute Gasteiger partial charge is 0.468 e. The van der Waals surface area contributed by atoms with Gasteiger partial charge in [0.1, 0.15) is 11.0 Å². The van der Waals surface area contributed by atoms with Crippen molar-refractivity contribution in [1.82, 2.24) is 5.32 Å². The Morgan fingerprint density at radius 1 is 1.07 bits per heavy atom. The fourth-order valence-corrected chi connectivity index (χ4v) is 4.27. The molecule has 0 aliphatic rings. The molecule has 1 amide bonds. The molecule has 28 heavy (non-hydrogen) atoms. The van der Waals surface area contributed by atoms with Crippen LogP contribution in [0.5, 0.6) is 0 Å². The van der Waals surface area contributed by atoms with E-state index in [9.17, 15) is 23.3 Å². The van der Waals surface area contributed by atoms with E-state index in [1.54, 1.807) is 24.3 Å². The molecule has 3 rings (SSSR count). The second kappa shape index (κ2) is 8.05. The van der Waals surface area contributed by atoms with Crippen LogP contribution in [0.1, 0.15) is 21.4 Å².